The molecule has 0 saturated carbocycles. The second-order valence-corrected chi connectivity index (χ2v) is 9.15. The van der Waals surface area contributed by atoms with Crippen LogP contribution in [0, 0.1) is 6.92 Å². The molecule has 0 spiro atoms. The maximum atomic E-state index is 13.5. The lowest BCUT2D eigenvalue weighted by molar-refractivity contribution is -0.122. The number of carbonyl (C=O) groups excluding carboxylic acids is 2. The minimum Gasteiger partial charge on any atom is -0.493 e. The number of fused-ring (bicyclic) bond motifs is 1. The molecule has 2 heterocycles. The highest BCUT2D eigenvalue weighted by Crippen LogP contribution is 2.30. The molecule has 3 aromatic rings. The first-order valence-electron chi connectivity index (χ1n) is 12.4. The summed E-state index contributed by atoms with van der Waals surface area (Å²) in [5.74, 6) is -0.153. The normalized spacial score (nSPS) is 14.9. The van der Waals surface area contributed by atoms with Crippen LogP contribution >= 0.6 is 0 Å². The van der Waals surface area contributed by atoms with Gasteiger partial charge in [0, 0.05) is 37.9 Å². The van der Waals surface area contributed by atoms with Gasteiger partial charge < -0.3 is 24.8 Å². The zero-order chi connectivity index (χ0) is 27.2. The predicted octanol–water partition coefficient (Wildman–Crippen LogP) is 1.81. The Kier molecular flexibility index (Phi) is 8.47. The van der Waals surface area contributed by atoms with E-state index in [1.165, 1.54) is 30.9 Å². The van der Waals surface area contributed by atoms with E-state index in [9.17, 15) is 19.2 Å². The number of methoxy groups -OCH3 is 2. The molecule has 1 aliphatic heterocycles. The molecule has 2 N–H and O–H groups in total. The van der Waals surface area contributed by atoms with E-state index < -0.39 is 17.2 Å². The van der Waals surface area contributed by atoms with Gasteiger partial charge in [-0.05, 0) is 38.0 Å². The number of benzene rings is 2. The topological polar surface area (TPSA) is 130 Å². The number of hydrogen-bond donors (Lipinski definition) is 2. The third kappa shape index (κ3) is 6.05. The lowest BCUT2D eigenvalue weighted by atomic mass is 10.2. The van der Waals surface area contributed by atoms with Gasteiger partial charge in [0.25, 0.3) is 5.56 Å². The Balaban J connectivity index is 1.65. The molecule has 38 heavy (non-hydrogen) atoms. The quantitative estimate of drug-likeness (QED) is 0.414. The molecule has 0 aliphatic carbocycles. The molecule has 1 saturated heterocycles. The van der Waals surface area contributed by atoms with Gasteiger partial charge in [-0.2, -0.15) is 0 Å². The van der Waals surface area contributed by atoms with Crippen molar-refractivity contribution in [2.75, 3.05) is 32.7 Å². The Morgan fingerprint density at radius 3 is 2.39 bits per heavy atom. The Hall–Kier alpha value is -4.12. The number of rotatable bonds is 10. The van der Waals surface area contributed by atoms with Crippen LogP contribution in [-0.2, 0) is 27.4 Å². The average Bonchev–Trinajstić information content (AvgIpc) is 3.44. The lowest BCUT2D eigenvalue weighted by Gasteiger charge is -2.16. The summed E-state index contributed by atoms with van der Waals surface area (Å²) in [7, 11) is 2.87. The first-order chi connectivity index (χ1) is 18.3. The molecule has 11 heteroatoms. The summed E-state index contributed by atoms with van der Waals surface area (Å²) < 4.78 is 18.4. The minimum absolute atomic E-state index is 0.0194. The third-order valence-corrected chi connectivity index (χ3v) is 6.48. The molecule has 11 nitrogen and oxygen atoms in total. The molecule has 1 aliphatic rings. The average molecular weight is 525 g/mol. The SMILES string of the molecule is COc1cc2c(=O)n(CCC(=O)NC[C@@H]3CCCO3)c(=O)n(CC(=O)Nc3ccc(C)cc3)c2cc1OC. The van der Waals surface area contributed by atoms with E-state index in [1.807, 2.05) is 19.1 Å². The summed E-state index contributed by atoms with van der Waals surface area (Å²) in [4.78, 5) is 52.2. The van der Waals surface area contributed by atoms with Crippen LogP contribution < -0.4 is 31.4 Å². The van der Waals surface area contributed by atoms with Crippen LogP contribution in [0.25, 0.3) is 10.9 Å². The number of ether oxygens (including phenoxy) is 3. The second kappa shape index (κ2) is 12.0. The smallest absolute Gasteiger partial charge is 0.331 e. The van der Waals surface area contributed by atoms with Crippen molar-refractivity contribution < 1.29 is 23.8 Å². The highest BCUT2D eigenvalue weighted by molar-refractivity contribution is 5.92. The number of nitrogens with zero attached hydrogens (tertiary/aromatic N) is 2. The molecule has 0 radical (unpaired) electrons. The Bertz CT molecular complexity index is 1440. The van der Waals surface area contributed by atoms with Gasteiger partial charge in [-0.25, -0.2) is 4.79 Å². The summed E-state index contributed by atoms with van der Waals surface area (Å²) in [6, 6.07) is 10.2. The maximum Gasteiger partial charge on any atom is 0.331 e. The van der Waals surface area contributed by atoms with E-state index in [0.29, 0.717) is 30.3 Å². The van der Waals surface area contributed by atoms with Crippen molar-refractivity contribution in [1.82, 2.24) is 14.5 Å². The van der Waals surface area contributed by atoms with Gasteiger partial charge >= 0.3 is 5.69 Å². The van der Waals surface area contributed by atoms with Crippen molar-refractivity contribution in [2.45, 2.75) is 45.4 Å². The summed E-state index contributed by atoms with van der Waals surface area (Å²) in [5.41, 5.74) is 0.538. The molecule has 2 aromatic carbocycles. The first-order valence-corrected chi connectivity index (χ1v) is 12.4. The predicted molar refractivity (Wildman–Crippen MR) is 142 cm³/mol. The first kappa shape index (κ1) is 26.9. The maximum absolute atomic E-state index is 13.5. The number of amides is 2. The fourth-order valence-electron chi connectivity index (χ4n) is 4.41. The van der Waals surface area contributed by atoms with Crippen molar-refractivity contribution in [3.63, 3.8) is 0 Å². The Morgan fingerprint density at radius 2 is 1.74 bits per heavy atom. The largest absolute Gasteiger partial charge is 0.493 e. The number of carbonyl (C=O) groups is 2. The van der Waals surface area contributed by atoms with Gasteiger partial charge in [0.15, 0.2) is 11.5 Å². The lowest BCUT2D eigenvalue weighted by Crippen LogP contribution is -2.43. The monoisotopic (exact) mass is 524 g/mol. The molecule has 2 amide bonds. The van der Waals surface area contributed by atoms with E-state index in [-0.39, 0.29) is 42.4 Å². The van der Waals surface area contributed by atoms with Crippen LogP contribution in [0.4, 0.5) is 5.69 Å². The number of aryl methyl sites for hydroxylation is 1. The van der Waals surface area contributed by atoms with Gasteiger partial charge in [0.1, 0.15) is 6.54 Å². The number of hydrogen-bond acceptors (Lipinski definition) is 7. The van der Waals surface area contributed by atoms with E-state index in [4.69, 9.17) is 14.2 Å². The zero-order valence-corrected chi connectivity index (χ0v) is 21.7. The van der Waals surface area contributed by atoms with Crippen molar-refractivity contribution >= 4 is 28.4 Å². The fraction of sp³-hybridized carbons (Fsp3) is 0.407. The van der Waals surface area contributed by atoms with Gasteiger partial charge in [0.05, 0.1) is 31.2 Å². The minimum atomic E-state index is -0.708. The van der Waals surface area contributed by atoms with Crippen molar-refractivity contribution in [1.29, 1.82) is 0 Å². The standard InChI is InChI=1S/C27H32N4O7/c1-17-6-8-18(9-7-17)29-25(33)16-31-21-14-23(37-3)22(36-2)13-20(21)26(34)30(27(31)35)11-10-24(32)28-15-19-5-4-12-38-19/h6-9,13-14,19H,4-5,10-12,15-16H2,1-3H3,(H,28,32)(H,29,33)/t19-/m0/s1. The van der Waals surface area contributed by atoms with E-state index in [1.54, 1.807) is 12.1 Å². The summed E-state index contributed by atoms with van der Waals surface area (Å²) >= 11 is 0. The van der Waals surface area contributed by atoms with Crippen LogP contribution in [0.5, 0.6) is 11.5 Å². The van der Waals surface area contributed by atoms with Crippen LogP contribution in [0.15, 0.2) is 46.0 Å². The second-order valence-electron chi connectivity index (χ2n) is 9.15. The van der Waals surface area contributed by atoms with Crippen LogP contribution in [-0.4, -0.2) is 54.4 Å². The van der Waals surface area contributed by atoms with Gasteiger partial charge in [-0.3, -0.25) is 23.5 Å². The summed E-state index contributed by atoms with van der Waals surface area (Å²) in [6.07, 6.45) is 1.73. The molecule has 0 bridgehead atoms. The molecular formula is C27H32N4O7. The van der Waals surface area contributed by atoms with Crippen LogP contribution in [0.2, 0.25) is 0 Å². The van der Waals surface area contributed by atoms with Crippen molar-refractivity contribution in [3.05, 3.63) is 62.8 Å². The summed E-state index contributed by atoms with van der Waals surface area (Å²) in [5, 5.41) is 5.72. The van der Waals surface area contributed by atoms with Gasteiger partial charge in [-0.15, -0.1) is 0 Å². The molecule has 202 valence electrons. The van der Waals surface area contributed by atoms with E-state index >= 15 is 0 Å². The van der Waals surface area contributed by atoms with E-state index in [2.05, 4.69) is 10.6 Å². The highest BCUT2D eigenvalue weighted by atomic mass is 16.5. The number of anilines is 1. The van der Waals surface area contributed by atoms with Crippen molar-refractivity contribution in [2.24, 2.45) is 0 Å². The molecule has 1 fully saturated rings. The van der Waals surface area contributed by atoms with Crippen molar-refractivity contribution in [3.8, 4) is 11.5 Å². The van der Waals surface area contributed by atoms with Gasteiger partial charge in [-0.1, -0.05) is 17.7 Å². The zero-order valence-electron chi connectivity index (χ0n) is 21.7. The molecule has 0 unspecified atom stereocenters. The molecule has 1 aromatic heterocycles. The number of aromatic nitrogens is 2. The molecular weight excluding hydrogens is 492 g/mol. The molecule has 1 atom stereocenters. The Morgan fingerprint density at radius 1 is 1.03 bits per heavy atom. The number of nitrogens with one attached hydrogen (secondary N) is 2. The van der Waals surface area contributed by atoms with Gasteiger partial charge in [0.2, 0.25) is 11.8 Å². The highest BCUT2D eigenvalue weighted by Gasteiger charge is 2.20. The fourth-order valence-corrected chi connectivity index (χ4v) is 4.41. The van der Waals surface area contributed by atoms with Crippen LogP contribution in [0.3, 0.4) is 0 Å². The third-order valence-electron chi connectivity index (χ3n) is 6.48. The summed E-state index contributed by atoms with van der Waals surface area (Å²) in [6.45, 7) is 2.48. The molecule has 4 rings (SSSR count). The van der Waals surface area contributed by atoms with E-state index in [0.717, 1.165) is 23.0 Å². The van der Waals surface area contributed by atoms with Crippen LogP contribution in [0.1, 0.15) is 24.8 Å². The Labute approximate surface area is 219 Å².